The Kier molecular flexibility index (Phi) is 4.36. The predicted octanol–water partition coefficient (Wildman–Crippen LogP) is 2.91. The van der Waals surface area contributed by atoms with Gasteiger partial charge < -0.3 is 15.6 Å². The zero-order valence-electron chi connectivity index (χ0n) is 13.5. The van der Waals surface area contributed by atoms with Gasteiger partial charge in [-0.2, -0.15) is 0 Å². The van der Waals surface area contributed by atoms with Crippen LogP contribution in [0.3, 0.4) is 0 Å². The molecule has 4 heterocycles. The van der Waals surface area contributed by atoms with Gasteiger partial charge in [0.1, 0.15) is 5.65 Å². The van der Waals surface area contributed by atoms with Crippen molar-refractivity contribution in [3.8, 4) is 11.3 Å². The summed E-state index contributed by atoms with van der Waals surface area (Å²) in [6.45, 7) is 2.08. The van der Waals surface area contributed by atoms with Crippen molar-refractivity contribution in [1.82, 2.24) is 25.3 Å². The lowest BCUT2D eigenvalue weighted by molar-refractivity contribution is 0.480. The van der Waals surface area contributed by atoms with E-state index in [1.807, 2.05) is 24.7 Å². The van der Waals surface area contributed by atoms with Crippen LogP contribution in [0.15, 0.2) is 35.9 Å². The summed E-state index contributed by atoms with van der Waals surface area (Å²) >= 11 is 1.55. The number of piperidine rings is 1. The van der Waals surface area contributed by atoms with E-state index in [-0.39, 0.29) is 0 Å². The molecule has 3 aromatic heterocycles. The molecule has 1 fully saturated rings. The van der Waals surface area contributed by atoms with E-state index in [1.54, 1.807) is 18.0 Å². The zero-order valence-corrected chi connectivity index (χ0v) is 14.4. The number of hydrogen-bond donors (Lipinski definition) is 3. The van der Waals surface area contributed by atoms with Gasteiger partial charge in [-0.05, 0) is 37.8 Å². The van der Waals surface area contributed by atoms with Crippen molar-refractivity contribution in [2.45, 2.75) is 24.0 Å². The number of pyridine rings is 1. The number of aromatic amines is 1. The van der Waals surface area contributed by atoms with Crippen LogP contribution in [0.5, 0.6) is 0 Å². The first-order valence-corrected chi connectivity index (χ1v) is 9.38. The first-order valence-electron chi connectivity index (χ1n) is 8.16. The molecule has 0 aromatic carbocycles. The third-order valence-corrected chi connectivity index (χ3v) is 4.89. The van der Waals surface area contributed by atoms with E-state index in [4.69, 9.17) is 0 Å². The molecule has 1 aliphatic rings. The number of anilines is 1. The monoisotopic (exact) mass is 340 g/mol. The van der Waals surface area contributed by atoms with Crippen LogP contribution in [0.2, 0.25) is 0 Å². The summed E-state index contributed by atoms with van der Waals surface area (Å²) in [6.07, 6.45) is 9.98. The van der Waals surface area contributed by atoms with Crippen molar-refractivity contribution in [2.24, 2.45) is 0 Å². The maximum atomic E-state index is 4.65. The fourth-order valence-corrected chi connectivity index (χ4v) is 3.48. The van der Waals surface area contributed by atoms with Gasteiger partial charge >= 0.3 is 0 Å². The molecule has 3 N–H and O–H groups in total. The molecule has 1 unspecified atom stereocenters. The number of rotatable bonds is 4. The summed E-state index contributed by atoms with van der Waals surface area (Å²) in [5.41, 5.74) is 3.91. The van der Waals surface area contributed by atoms with E-state index < -0.39 is 0 Å². The topological polar surface area (TPSA) is 78.5 Å². The average molecular weight is 340 g/mol. The Morgan fingerprint density at radius 1 is 1.29 bits per heavy atom. The largest absolute Gasteiger partial charge is 0.380 e. The zero-order chi connectivity index (χ0) is 16.4. The number of aromatic nitrogens is 4. The predicted molar refractivity (Wildman–Crippen MR) is 98.4 cm³/mol. The van der Waals surface area contributed by atoms with Crippen LogP contribution < -0.4 is 10.6 Å². The Hall–Kier alpha value is -2.12. The van der Waals surface area contributed by atoms with Gasteiger partial charge in [-0.15, -0.1) is 0 Å². The van der Waals surface area contributed by atoms with Crippen molar-refractivity contribution in [3.05, 3.63) is 30.7 Å². The fourth-order valence-electron chi connectivity index (χ4n) is 3.13. The lowest BCUT2D eigenvalue weighted by Gasteiger charge is -2.26. The summed E-state index contributed by atoms with van der Waals surface area (Å²) in [5.74, 6) is 0. The number of hydrogen-bond acceptors (Lipinski definition) is 6. The lowest BCUT2D eigenvalue weighted by atomic mass is 10.0. The highest BCUT2D eigenvalue weighted by atomic mass is 32.2. The molecule has 0 spiro atoms. The summed E-state index contributed by atoms with van der Waals surface area (Å²) in [4.78, 5) is 16.7. The Labute approximate surface area is 144 Å². The van der Waals surface area contributed by atoms with E-state index in [0.29, 0.717) is 6.04 Å². The number of nitrogens with zero attached hydrogens (tertiary/aromatic N) is 3. The summed E-state index contributed by atoms with van der Waals surface area (Å²) in [5, 5.41) is 9.05. The van der Waals surface area contributed by atoms with Gasteiger partial charge in [0.25, 0.3) is 0 Å². The summed E-state index contributed by atoms with van der Waals surface area (Å²) in [7, 11) is 0. The molecule has 7 heteroatoms. The normalized spacial score (nSPS) is 18.0. The minimum atomic E-state index is 0.417. The average Bonchev–Trinajstić information content (AvgIpc) is 3.12. The minimum absolute atomic E-state index is 0.417. The van der Waals surface area contributed by atoms with Crippen LogP contribution in [0.1, 0.15) is 12.8 Å². The first kappa shape index (κ1) is 15.4. The van der Waals surface area contributed by atoms with Gasteiger partial charge in [0, 0.05) is 42.1 Å². The highest BCUT2D eigenvalue weighted by Gasteiger charge is 2.18. The molecule has 1 atom stereocenters. The number of H-pyrrole nitrogens is 1. The van der Waals surface area contributed by atoms with E-state index in [0.717, 1.165) is 46.2 Å². The molecular weight excluding hydrogens is 320 g/mol. The molecule has 0 aliphatic carbocycles. The number of thioether (sulfide) groups is 1. The molecule has 0 amide bonds. The van der Waals surface area contributed by atoms with Gasteiger partial charge in [0.2, 0.25) is 0 Å². The van der Waals surface area contributed by atoms with Crippen LogP contribution in [0.4, 0.5) is 5.69 Å². The summed E-state index contributed by atoms with van der Waals surface area (Å²) in [6, 6.07) is 4.43. The molecule has 0 saturated carbocycles. The molecule has 124 valence electrons. The Morgan fingerprint density at radius 3 is 3.08 bits per heavy atom. The second-order valence-corrected chi connectivity index (χ2v) is 6.68. The van der Waals surface area contributed by atoms with Crippen LogP contribution >= 0.6 is 11.8 Å². The van der Waals surface area contributed by atoms with Gasteiger partial charge in [-0.25, -0.2) is 15.0 Å². The first-order chi connectivity index (χ1) is 11.8. The van der Waals surface area contributed by atoms with Crippen molar-refractivity contribution in [3.63, 3.8) is 0 Å². The number of fused-ring (bicyclic) bond motifs is 1. The molecule has 4 rings (SSSR count). The van der Waals surface area contributed by atoms with Crippen LogP contribution in [-0.2, 0) is 0 Å². The highest BCUT2D eigenvalue weighted by Crippen LogP contribution is 2.33. The molecule has 24 heavy (non-hydrogen) atoms. The standard InChI is InChI=1S/C17H20N6S/c1-24-17-20-8-5-14(23-17)13-10-21-16-12(4-7-19-16)15(13)22-11-3-2-6-18-9-11/h4-5,7-8,10-11,18H,2-3,6,9H2,1H3,(H2,19,21,22). The van der Waals surface area contributed by atoms with Gasteiger partial charge in [-0.3, -0.25) is 0 Å². The molecule has 6 nitrogen and oxygen atoms in total. The third-order valence-electron chi connectivity index (χ3n) is 4.32. The fraction of sp³-hybridized carbons (Fsp3) is 0.353. The van der Waals surface area contributed by atoms with Crippen molar-refractivity contribution in [2.75, 3.05) is 24.7 Å². The molecule has 0 bridgehead atoms. The van der Waals surface area contributed by atoms with Gasteiger partial charge in [0.15, 0.2) is 5.16 Å². The van der Waals surface area contributed by atoms with Crippen LogP contribution in [0.25, 0.3) is 22.3 Å². The van der Waals surface area contributed by atoms with Gasteiger partial charge in [-0.1, -0.05) is 11.8 Å². The smallest absolute Gasteiger partial charge is 0.187 e. The maximum Gasteiger partial charge on any atom is 0.187 e. The van der Waals surface area contributed by atoms with E-state index in [2.05, 4.69) is 36.6 Å². The third kappa shape index (κ3) is 2.97. The van der Waals surface area contributed by atoms with Crippen molar-refractivity contribution < 1.29 is 0 Å². The Balaban J connectivity index is 1.80. The quantitative estimate of drug-likeness (QED) is 0.501. The van der Waals surface area contributed by atoms with Crippen molar-refractivity contribution >= 4 is 28.5 Å². The molecule has 1 aliphatic heterocycles. The molecule has 3 aromatic rings. The van der Waals surface area contributed by atoms with Crippen LogP contribution in [-0.4, -0.2) is 45.3 Å². The lowest BCUT2D eigenvalue weighted by Crippen LogP contribution is -2.38. The Morgan fingerprint density at radius 2 is 2.25 bits per heavy atom. The molecular formula is C17H20N6S. The molecule has 0 radical (unpaired) electrons. The molecule has 1 saturated heterocycles. The number of nitrogens with one attached hydrogen (secondary N) is 3. The Bertz CT molecular complexity index is 840. The van der Waals surface area contributed by atoms with E-state index in [1.165, 1.54) is 12.8 Å². The second-order valence-electron chi connectivity index (χ2n) is 5.90. The van der Waals surface area contributed by atoms with Gasteiger partial charge in [0.05, 0.1) is 11.4 Å². The minimum Gasteiger partial charge on any atom is -0.380 e. The van der Waals surface area contributed by atoms with Crippen molar-refractivity contribution in [1.29, 1.82) is 0 Å². The maximum absolute atomic E-state index is 4.65. The van der Waals surface area contributed by atoms with Crippen LogP contribution in [0, 0.1) is 0 Å². The van der Waals surface area contributed by atoms with E-state index in [9.17, 15) is 0 Å². The summed E-state index contributed by atoms with van der Waals surface area (Å²) < 4.78 is 0. The second kappa shape index (κ2) is 6.78. The van der Waals surface area contributed by atoms with E-state index >= 15 is 0 Å². The highest BCUT2D eigenvalue weighted by molar-refractivity contribution is 7.98. The SMILES string of the molecule is CSc1nccc(-c2cnc3[nH]ccc3c2NC2CCCNC2)n1.